The number of pyridine rings is 1. The van der Waals surface area contributed by atoms with Crippen molar-refractivity contribution in [1.29, 1.82) is 0 Å². The van der Waals surface area contributed by atoms with E-state index in [1.54, 1.807) is 24.2 Å². The molecule has 4 rings (SSSR count). The van der Waals surface area contributed by atoms with Crippen LogP contribution in [0.5, 0.6) is 0 Å². The molecule has 0 atom stereocenters. The van der Waals surface area contributed by atoms with Gasteiger partial charge in [0.05, 0.1) is 5.69 Å². The Kier molecular flexibility index (Phi) is 5.34. The van der Waals surface area contributed by atoms with Crippen LogP contribution in [0, 0.1) is 6.92 Å². The van der Waals surface area contributed by atoms with Crippen molar-refractivity contribution < 1.29 is 4.42 Å². The molecular weight excluding hydrogens is 370 g/mol. The summed E-state index contributed by atoms with van der Waals surface area (Å²) in [4.78, 5) is 8.73. The Morgan fingerprint density at radius 2 is 1.86 bits per heavy atom. The van der Waals surface area contributed by atoms with E-state index in [2.05, 4.69) is 26.7 Å². The number of allylic oxidation sites excluding steroid dienone is 1. The lowest BCUT2D eigenvalue weighted by Crippen LogP contribution is -2.01. The highest BCUT2D eigenvalue weighted by Crippen LogP contribution is 2.29. The van der Waals surface area contributed by atoms with Gasteiger partial charge < -0.3 is 4.42 Å². The third-order valence-electron chi connectivity index (χ3n) is 4.22. The van der Waals surface area contributed by atoms with E-state index in [0.29, 0.717) is 18.2 Å². The maximum Gasteiger partial charge on any atom is 0.226 e. The quantitative estimate of drug-likeness (QED) is 0.335. The van der Waals surface area contributed by atoms with Crippen molar-refractivity contribution in [2.75, 3.05) is 0 Å². The molecule has 0 saturated heterocycles. The van der Waals surface area contributed by atoms with Gasteiger partial charge in [0.15, 0.2) is 11.0 Å². The summed E-state index contributed by atoms with van der Waals surface area (Å²) in [6, 6.07) is 13.7. The smallest absolute Gasteiger partial charge is 0.226 e. The van der Waals surface area contributed by atoms with Crippen LogP contribution >= 0.6 is 11.8 Å². The van der Waals surface area contributed by atoms with E-state index in [0.717, 1.165) is 33.6 Å². The van der Waals surface area contributed by atoms with Crippen molar-refractivity contribution in [3.8, 4) is 22.8 Å². The fourth-order valence-electron chi connectivity index (χ4n) is 2.80. The van der Waals surface area contributed by atoms with Crippen LogP contribution in [0.3, 0.4) is 0 Å². The number of benzene rings is 1. The SMILES string of the molecule is C=CCn1c(SCc2nc(-c3ccccc3)oc2C)nnc1-c1ccncc1. The van der Waals surface area contributed by atoms with E-state index in [4.69, 9.17) is 4.42 Å². The van der Waals surface area contributed by atoms with E-state index in [-0.39, 0.29) is 0 Å². The average molecular weight is 389 g/mol. The number of thioether (sulfide) groups is 1. The number of rotatable bonds is 7. The number of hydrogen-bond donors (Lipinski definition) is 0. The lowest BCUT2D eigenvalue weighted by atomic mass is 10.2. The first-order valence-electron chi connectivity index (χ1n) is 8.85. The molecule has 3 aromatic heterocycles. The summed E-state index contributed by atoms with van der Waals surface area (Å²) in [5, 5.41) is 9.55. The molecule has 140 valence electrons. The number of hydrogen-bond acceptors (Lipinski definition) is 6. The summed E-state index contributed by atoms with van der Waals surface area (Å²) in [5.74, 6) is 2.90. The summed E-state index contributed by atoms with van der Waals surface area (Å²) in [5.41, 5.74) is 2.85. The molecule has 0 unspecified atom stereocenters. The Labute approximate surface area is 167 Å². The third kappa shape index (κ3) is 3.75. The van der Waals surface area contributed by atoms with Crippen LogP contribution in [-0.2, 0) is 12.3 Å². The predicted molar refractivity (Wildman–Crippen MR) is 110 cm³/mol. The Morgan fingerprint density at radius 3 is 2.61 bits per heavy atom. The molecule has 0 radical (unpaired) electrons. The van der Waals surface area contributed by atoms with Crippen LogP contribution in [0.2, 0.25) is 0 Å². The minimum Gasteiger partial charge on any atom is -0.441 e. The van der Waals surface area contributed by atoms with Crippen molar-refractivity contribution in [3.05, 3.63) is 79.0 Å². The molecule has 7 heteroatoms. The lowest BCUT2D eigenvalue weighted by molar-refractivity contribution is 0.540. The van der Waals surface area contributed by atoms with Crippen LogP contribution in [0.15, 0.2) is 77.1 Å². The summed E-state index contributed by atoms with van der Waals surface area (Å²) in [6.07, 6.45) is 5.34. The Balaban J connectivity index is 1.56. The van der Waals surface area contributed by atoms with Crippen molar-refractivity contribution in [3.63, 3.8) is 0 Å². The minimum absolute atomic E-state index is 0.625. The van der Waals surface area contributed by atoms with Gasteiger partial charge in [-0.15, -0.1) is 16.8 Å². The van der Waals surface area contributed by atoms with Crippen LogP contribution in [0.4, 0.5) is 0 Å². The highest BCUT2D eigenvalue weighted by Gasteiger charge is 2.16. The molecule has 0 saturated carbocycles. The summed E-state index contributed by atoms with van der Waals surface area (Å²) < 4.78 is 7.89. The molecule has 0 aliphatic heterocycles. The zero-order chi connectivity index (χ0) is 19.3. The van der Waals surface area contributed by atoms with Crippen LogP contribution in [0.25, 0.3) is 22.8 Å². The van der Waals surface area contributed by atoms with Crippen LogP contribution in [0.1, 0.15) is 11.5 Å². The number of oxazole rings is 1. The number of nitrogens with zero attached hydrogens (tertiary/aromatic N) is 5. The van der Waals surface area contributed by atoms with Crippen molar-refractivity contribution in [1.82, 2.24) is 24.7 Å². The molecule has 0 bridgehead atoms. The maximum atomic E-state index is 5.85. The predicted octanol–water partition coefficient (Wildman–Crippen LogP) is 4.78. The second kappa shape index (κ2) is 8.22. The zero-order valence-corrected chi connectivity index (χ0v) is 16.3. The molecule has 0 amide bonds. The van der Waals surface area contributed by atoms with Crippen molar-refractivity contribution >= 4 is 11.8 Å². The Morgan fingerprint density at radius 1 is 1.07 bits per heavy atom. The zero-order valence-electron chi connectivity index (χ0n) is 15.4. The molecule has 0 N–H and O–H groups in total. The van der Waals surface area contributed by atoms with Gasteiger partial charge in [-0.1, -0.05) is 36.0 Å². The number of aryl methyl sites for hydroxylation is 1. The van der Waals surface area contributed by atoms with Gasteiger partial charge in [-0.05, 0) is 31.2 Å². The fourth-order valence-corrected chi connectivity index (χ4v) is 3.75. The molecule has 4 aromatic rings. The molecule has 0 spiro atoms. The first kappa shape index (κ1) is 18.2. The largest absolute Gasteiger partial charge is 0.441 e. The summed E-state index contributed by atoms with van der Waals surface area (Å²) in [6.45, 7) is 6.42. The molecule has 3 heterocycles. The average Bonchev–Trinajstić information content (AvgIpc) is 3.31. The standard InChI is InChI=1S/C21H19N5OS/c1-3-13-26-19(16-9-11-22-12-10-16)24-25-21(26)28-14-18-15(2)27-20(23-18)17-7-5-4-6-8-17/h3-12H,1,13-14H2,2H3. The minimum atomic E-state index is 0.625. The van der Waals surface area contributed by atoms with E-state index >= 15 is 0 Å². The van der Waals surface area contributed by atoms with Gasteiger partial charge in [-0.25, -0.2) is 4.98 Å². The molecular formula is C21H19N5OS. The first-order valence-corrected chi connectivity index (χ1v) is 9.84. The van der Waals surface area contributed by atoms with Crippen molar-refractivity contribution in [2.24, 2.45) is 0 Å². The van der Waals surface area contributed by atoms with Crippen molar-refractivity contribution in [2.45, 2.75) is 24.4 Å². The molecule has 1 aromatic carbocycles. The van der Waals surface area contributed by atoms with E-state index in [1.165, 1.54) is 0 Å². The Hall–Kier alpha value is -3.19. The number of aromatic nitrogens is 5. The van der Waals surface area contributed by atoms with Gasteiger partial charge in [0, 0.05) is 35.8 Å². The van der Waals surface area contributed by atoms with Gasteiger partial charge in [-0.3, -0.25) is 9.55 Å². The van der Waals surface area contributed by atoms with Crippen LogP contribution in [-0.4, -0.2) is 24.7 Å². The molecule has 0 aliphatic rings. The van der Waals surface area contributed by atoms with Gasteiger partial charge in [0.2, 0.25) is 5.89 Å². The molecule has 6 nitrogen and oxygen atoms in total. The highest BCUT2D eigenvalue weighted by molar-refractivity contribution is 7.98. The first-order chi connectivity index (χ1) is 13.8. The topological polar surface area (TPSA) is 69.6 Å². The van der Waals surface area contributed by atoms with E-state index in [1.807, 2.05) is 60.0 Å². The lowest BCUT2D eigenvalue weighted by Gasteiger charge is -2.07. The molecule has 0 fully saturated rings. The van der Waals surface area contributed by atoms with E-state index < -0.39 is 0 Å². The van der Waals surface area contributed by atoms with Gasteiger partial charge >= 0.3 is 0 Å². The van der Waals surface area contributed by atoms with Gasteiger partial charge in [0.25, 0.3) is 0 Å². The normalized spacial score (nSPS) is 10.9. The van der Waals surface area contributed by atoms with Gasteiger partial charge in [-0.2, -0.15) is 0 Å². The highest BCUT2D eigenvalue weighted by atomic mass is 32.2. The molecule has 28 heavy (non-hydrogen) atoms. The van der Waals surface area contributed by atoms with E-state index in [9.17, 15) is 0 Å². The second-order valence-electron chi connectivity index (χ2n) is 6.12. The summed E-state index contributed by atoms with van der Waals surface area (Å²) in [7, 11) is 0. The fraction of sp³-hybridized carbons (Fsp3) is 0.143. The Bertz CT molecular complexity index is 1070. The third-order valence-corrected chi connectivity index (χ3v) is 5.20. The second-order valence-corrected chi connectivity index (χ2v) is 7.06. The van der Waals surface area contributed by atoms with Gasteiger partial charge in [0.1, 0.15) is 5.76 Å². The van der Waals surface area contributed by atoms with Crippen LogP contribution < -0.4 is 0 Å². The molecule has 0 aliphatic carbocycles. The monoisotopic (exact) mass is 389 g/mol. The maximum absolute atomic E-state index is 5.85. The summed E-state index contributed by atoms with van der Waals surface area (Å²) >= 11 is 1.58.